The SMILES string of the molecule is O=[N+]([O-])C1=CCN[CH]1. The molecule has 4 nitrogen and oxygen atoms in total. The standard InChI is InChI=1S/C4H5N2O2/c7-6(8)4-1-2-5-3-4/h1,3,5H,2H2. The number of nitro groups is 1. The summed E-state index contributed by atoms with van der Waals surface area (Å²) >= 11 is 0. The lowest BCUT2D eigenvalue weighted by atomic mass is 10.5. The number of nitrogens with one attached hydrogen (secondary N) is 1. The summed E-state index contributed by atoms with van der Waals surface area (Å²) in [7, 11) is 0. The summed E-state index contributed by atoms with van der Waals surface area (Å²) in [6.45, 7) is 1.97. The molecule has 0 saturated heterocycles. The van der Waals surface area contributed by atoms with Crippen LogP contribution in [-0.2, 0) is 0 Å². The van der Waals surface area contributed by atoms with Gasteiger partial charge in [-0.1, -0.05) is 0 Å². The van der Waals surface area contributed by atoms with Crippen molar-refractivity contribution in [1.82, 2.24) is 5.32 Å². The second-order valence-electron chi connectivity index (χ2n) is 1.44. The largest absolute Gasteiger partial charge is 0.299 e. The minimum Gasteiger partial charge on any atom is -0.299 e. The minimum atomic E-state index is -0.417. The Morgan fingerprint density at radius 1 is 1.88 bits per heavy atom. The van der Waals surface area contributed by atoms with Crippen LogP contribution >= 0.6 is 0 Å². The molecule has 1 heterocycles. The van der Waals surface area contributed by atoms with Crippen LogP contribution in [0.3, 0.4) is 0 Å². The lowest BCUT2D eigenvalue weighted by Crippen LogP contribution is -2.04. The summed E-state index contributed by atoms with van der Waals surface area (Å²) < 4.78 is 0. The van der Waals surface area contributed by atoms with E-state index in [1.807, 2.05) is 0 Å². The Hall–Kier alpha value is -0.900. The normalized spacial score (nSPS) is 18.2. The van der Waals surface area contributed by atoms with E-state index in [1.54, 1.807) is 0 Å². The van der Waals surface area contributed by atoms with Gasteiger partial charge < -0.3 is 0 Å². The molecule has 1 radical (unpaired) electrons. The summed E-state index contributed by atoms with van der Waals surface area (Å²) in [4.78, 5) is 9.45. The van der Waals surface area contributed by atoms with Crippen LogP contribution < -0.4 is 5.32 Å². The van der Waals surface area contributed by atoms with Gasteiger partial charge in [0, 0.05) is 12.6 Å². The second-order valence-corrected chi connectivity index (χ2v) is 1.44. The molecule has 1 aliphatic rings. The van der Waals surface area contributed by atoms with Gasteiger partial charge in [0.05, 0.1) is 4.92 Å². The van der Waals surface area contributed by atoms with Crippen molar-refractivity contribution in [1.29, 1.82) is 0 Å². The lowest BCUT2D eigenvalue weighted by Gasteiger charge is -1.84. The summed E-state index contributed by atoms with van der Waals surface area (Å²) in [6.07, 6.45) is 1.53. The van der Waals surface area contributed by atoms with Crippen LogP contribution in [0.15, 0.2) is 11.8 Å². The third-order valence-electron chi connectivity index (χ3n) is 0.890. The summed E-state index contributed by atoms with van der Waals surface area (Å²) in [6, 6.07) is 0. The van der Waals surface area contributed by atoms with E-state index in [-0.39, 0.29) is 5.70 Å². The Balaban J connectivity index is 2.57. The predicted molar refractivity (Wildman–Crippen MR) is 27.4 cm³/mol. The monoisotopic (exact) mass is 113 g/mol. The van der Waals surface area contributed by atoms with Gasteiger partial charge in [-0.25, -0.2) is 0 Å². The van der Waals surface area contributed by atoms with E-state index in [0.29, 0.717) is 6.54 Å². The van der Waals surface area contributed by atoms with Crippen molar-refractivity contribution >= 4 is 0 Å². The van der Waals surface area contributed by atoms with Crippen molar-refractivity contribution in [3.63, 3.8) is 0 Å². The van der Waals surface area contributed by atoms with Crippen LogP contribution in [0.2, 0.25) is 0 Å². The van der Waals surface area contributed by atoms with Crippen molar-refractivity contribution < 1.29 is 4.92 Å². The van der Waals surface area contributed by atoms with Gasteiger partial charge in [-0.05, 0) is 0 Å². The van der Waals surface area contributed by atoms with Crippen LogP contribution in [0.1, 0.15) is 0 Å². The Bertz CT molecular complexity index is 141. The average molecular weight is 113 g/mol. The van der Waals surface area contributed by atoms with Crippen LogP contribution in [0.25, 0.3) is 0 Å². The van der Waals surface area contributed by atoms with Gasteiger partial charge in [0.2, 0.25) is 0 Å². The first-order chi connectivity index (χ1) is 3.80. The summed E-state index contributed by atoms with van der Waals surface area (Å²) in [5.74, 6) is 0. The van der Waals surface area contributed by atoms with Gasteiger partial charge in [-0.2, -0.15) is 0 Å². The van der Waals surface area contributed by atoms with Crippen LogP contribution in [0.4, 0.5) is 0 Å². The first-order valence-corrected chi connectivity index (χ1v) is 2.22. The average Bonchev–Trinajstić information content (AvgIpc) is 2.12. The van der Waals surface area contributed by atoms with E-state index < -0.39 is 4.92 Å². The molecular formula is C4H5N2O2. The molecule has 0 aliphatic carbocycles. The molecule has 4 heteroatoms. The Kier molecular flexibility index (Phi) is 1.26. The molecule has 0 aromatic rings. The third kappa shape index (κ3) is 0.840. The Morgan fingerprint density at radius 3 is 2.88 bits per heavy atom. The molecule has 0 aromatic carbocycles. The van der Waals surface area contributed by atoms with E-state index in [1.165, 1.54) is 12.6 Å². The smallest absolute Gasteiger partial charge is 0.262 e. The van der Waals surface area contributed by atoms with Crippen LogP contribution in [0, 0.1) is 16.7 Å². The quantitative estimate of drug-likeness (QED) is 0.382. The Morgan fingerprint density at radius 2 is 2.62 bits per heavy atom. The van der Waals surface area contributed by atoms with Crippen LogP contribution in [0.5, 0.6) is 0 Å². The van der Waals surface area contributed by atoms with Gasteiger partial charge in [-0.15, -0.1) is 0 Å². The van der Waals surface area contributed by atoms with E-state index in [0.717, 1.165) is 0 Å². The molecule has 8 heavy (non-hydrogen) atoms. The van der Waals surface area contributed by atoms with Crippen molar-refractivity contribution in [2.45, 2.75) is 0 Å². The highest BCUT2D eigenvalue weighted by atomic mass is 16.6. The molecule has 1 N–H and O–H groups in total. The van der Waals surface area contributed by atoms with Crippen molar-refractivity contribution in [3.05, 3.63) is 28.4 Å². The maximum absolute atomic E-state index is 9.87. The Labute approximate surface area is 46.3 Å². The number of hydrogen-bond acceptors (Lipinski definition) is 3. The molecule has 1 rings (SSSR count). The zero-order valence-electron chi connectivity index (χ0n) is 4.13. The van der Waals surface area contributed by atoms with Gasteiger partial charge in [0.1, 0.15) is 6.54 Å². The third-order valence-corrected chi connectivity index (χ3v) is 0.890. The molecule has 43 valence electrons. The van der Waals surface area contributed by atoms with E-state index in [2.05, 4.69) is 5.32 Å². The topological polar surface area (TPSA) is 55.2 Å². The van der Waals surface area contributed by atoms with E-state index in [9.17, 15) is 10.1 Å². The fourth-order valence-corrected chi connectivity index (χ4v) is 0.513. The summed E-state index contributed by atoms with van der Waals surface area (Å²) in [5.41, 5.74) is 0.157. The first-order valence-electron chi connectivity index (χ1n) is 2.22. The predicted octanol–water partition coefficient (Wildman–Crippen LogP) is -0.0880. The molecule has 0 bridgehead atoms. The lowest BCUT2D eigenvalue weighted by molar-refractivity contribution is -0.421. The zero-order chi connectivity index (χ0) is 5.98. The maximum atomic E-state index is 9.87. The highest BCUT2D eigenvalue weighted by molar-refractivity contribution is 5.10. The van der Waals surface area contributed by atoms with Gasteiger partial charge in [-0.3, -0.25) is 15.4 Å². The summed E-state index contributed by atoms with van der Waals surface area (Å²) in [5, 5.41) is 12.6. The molecule has 0 amide bonds. The first kappa shape index (κ1) is 5.24. The molecular weight excluding hydrogens is 108 g/mol. The molecule has 0 fully saturated rings. The molecule has 1 aliphatic heterocycles. The fourth-order valence-electron chi connectivity index (χ4n) is 0.513. The number of hydrogen-bond donors (Lipinski definition) is 1. The van der Waals surface area contributed by atoms with Crippen molar-refractivity contribution in [2.24, 2.45) is 0 Å². The number of rotatable bonds is 1. The molecule has 0 saturated carbocycles. The van der Waals surface area contributed by atoms with Gasteiger partial charge >= 0.3 is 0 Å². The highest BCUT2D eigenvalue weighted by Gasteiger charge is 2.13. The molecule has 0 atom stereocenters. The van der Waals surface area contributed by atoms with Crippen molar-refractivity contribution in [3.8, 4) is 0 Å². The molecule has 0 spiro atoms. The number of nitrogens with zero attached hydrogens (tertiary/aromatic N) is 1. The zero-order valence-corrected chi connectivity index (χ0v) is 4.13. The van der Waals surface area contributed by atoms with Crippen LogP contribution in [-0.4, -0.2) is 11.5 Å². The fraction of sp³-hybridized carbons (Fsp3) is 0.250. The minimum absolute atomic E-state index is 0.157. The van der Waals surface area contributed by atoms with Gasteiger partial charge in [0.15, 0.2) is 0 Å². The van der Waals surface area contributed by atoms with E-state index >= 15 is 0 Å². The molecule has 0 aromatic heterocycles. The van der Waals surface area contributed by atoms with Crippen molar-refractivity contribution in [2.75, 3.05) is 6.54 Å². The second kappa shape index (κ2) is 1.92. The van der Waals surface area contributed by atoms with E-state index in [4.69, 9.17) is 0 Å². The highest BCUT2D eigenvalue weighted by Crippen LogP contribution is 2.01. The van der Waals surface area contributed by atoms with Gasteiger partial charge in [0.25, 0.3) is 5.70 Å². The maximum Gasteiger partial charge on any atom is 0.262 e. The molecule has 0 unspecified atom stereocenters.